The molecule has 1 aliphatic heterocycles. The van der Waals surface area contributed by atoms with Crippen molar-refractivity contribution >= 4 is 34.8 Å². The van der Waals surface area contributed by atoms with Crippen LogP contribution in [0.5, 0.6) is 0 Å². The molecule has 0 radical (unpaired) electrons. The molecule has 0 aromatic heterocycles. The molecule has 0 fully saturated rings. The lowest BCUT2D eigenvalue weighted by atomic mass is 9.98. The van der Waals surface area contributed by atoms with Crippen LogP contribution in [-0.4, -0.2) is 16.6 Å². The van der Waals surface area contributed by atoms with Crippen LogP contribution in [0.15, 0.2) is 53.6 Å². The van der Waals surface area contributed by atoms with E-state index in [-0.39, 0.29) is 11.9 Å². The first-order valence-corrected chi connectivity index (χ1v) is 7.70. The lowest BCUT2D eigenvalue weighted by Gasteiger charge is -2.20. The summed E-state index contributed by atoms with van der Waals surface area (Å²) in [6, 6.07) is 15.2. The molecule has 3 rings (SSSR count). The SMILES string of the molecule is CC(=O)N1N=C(c2cccc(Cl)c2Cl)CC1c1ccccc1. The van der Waals surface area contributed by atoms with Gasteiger partial charge in [-0.2, -0.15) is 5.10 Å². The van der Waals surface area contributed by atoms with Gasteiger partial charge in [-0.1, -0.05) is 65.7 Å². The van der Waals surface area contributed by atoms with Gasteiger partial charge in [0.1, 0.15) is 0 Å². The van der Waals surface area contributed by atoms with Crippen LogP contribution < -0.4 is 0 Å². The maximum atomic E-state index is 11.9. The summed E-state index contributed by atoms with van der Waals surface area (Å²) in [4.78, 5) is 11.9. The van der Waals surface area contributed by atoms with Gasteiger partial charge in [-0.15, -0.1) is 0 Å². The summed E-state index contributed by atoms with van der Waals surface area (Å²) < 4.78 is 0. The Bertz CT molecular complexity index is 744. The van der Waals surface area contributed by atoms with Gasteiger partial charge < -0.3 is 0 Å². The van der Waals surface area contributed by atoms with Crippen molar-refractivity contribution in [3.8, 4) is 0 Å². The Morgan fingerprint density at radius 3 is 2.55 bits per heavy atom. The zero-order valence-corrected chi connectivity index (χ0v) is 13.5. The van der Waals surface area contributed by atoms with Crippen molar-refractivity contribution in [3.05, 3.63) is 69.7 Å². The summed E-state index contributed by atoms with van der Waals surface area (Å²) in [5.41, 5.74) is 2.60. The molecule has 112 valence electrons. The molecule has 5 heteroatoms. The largest absolute Gasteiger partial charge is 0.273 e. The second kappa shape index (κ2) is 6.11. The van der Waals surface area contributed by atoms with Crippen LogP contribution >= 0.6 is 23.2 Å². The molecule has 1 unspecified atom stereocenters. The normalized spacial score (nSPS) is 17.5. The van der Waals surface area contributed by atoms with Crippen molar-refractivity contribution in [1.29, 1.82) is 0 Å². The van der Waals surface area contributed by atoms with E-state index in [1.54, 1.807) is 6.07 Å². The van der Waals surface area contributed by atoms with E-state index in [0.29, 0.717) is 16.5 Å². The minimum atomic E-state index is -0.108. The lowest BCUT2D eigenvalue weighted by Crippen LogP contribution is -2.24. The molecule has 2 aromatic carbocycles. The lowest BCUT2D eigenvalue weighted by molar-refractivity contribution is -0.130. The van der Waals surface area contributed by atoms with Crippen LogP contribution in [0.4, 0.5) is 0 Å². The van der Waals surface area contributed by atoms with E-state index in [1.165, 1.54) is 11.9 Å². The second-order valence-corrected chi connectivity index (χ2v) is 5.93. The number of hydrogen-bond acceptors (Lipinski definition) is 2. The molecule has 0 spiro atoms. The summed E-state index contributed by atoms with van der Waals surface area (Å²) >= 11 is 12.4. The van der Waals surface area contributed by atoms with Crippen LogP contribution in [0.3, 0.4) is 0 Å². The average Bonchev–Trinajstić information content (AvgIpc) is 2.96. The van der Waals surface area contributed by atoms with Gasteiger partial charge in [-0.05, 0) is 11.6 Å². The van der Waals surface area contributed by atoms with E-state index in [4.69, 9.17) is 23.2 Å². The highest BCUT2D eigenvalue weighted by molar-refractivity contribution is 6.44. The van der Waals surface area contributed by atoms with Crippen molar-refractivity contribution in [1.82, 2.24) is 5.01 Å². The number of hydrogen-bond donors (Lipinski definition) is 0. The molecule has 2 aromatic rings. The molecular formula is C17H14Cl2N2O. The minimum absolute atomic E-state index is 0.0954. The van der Waals surface area contributed by atoms with Crippen LogP contribution in [0.25, 0.3) is 0 Å². The summed E-state index contributed by atoms with van der Waals surface area (Å²) in [6.07, 6.45) is 0.615. The molecule has 0 N–H and O–H groups in total. The third-order valence-corrected chi connectivity index (χ3v) is 4.50. The third kappa shape index (κ3) is 2.74. The van der Waals surface area contributed by atoms with Gasteiger partial charge in [-0.25, -0.2) is 5.01 Å². The van der Waals surface area contributed by atoms with Crippen LogP contribution in [-0.2, 0) is 4.79 Å². The Hall–Kier alpha value is -1.84. The van der Waals surface area contributed by atoms with E-state index in [1.807, 2.05) is 42.5 Å². The number of nitrogens with zero attached hydrogens (tertiary/aromatic N) is 2. The summed E-state index contributed by atoms with van der Waals surface area (Å²) in [7, 11) is 0. The summed E-state index contributed by atoms with van der Waals surface area (Å²) in [6.45, 7) is 1.52. The van der Waals surface area contributed by atoms with E-state index in [0.717, 1.165) is 16.8 Å². The Balaban J connectivity index is 2.00. The molecule has 0 saturated carbocycles. The molecule has 1 atom stereocenters. The highest BCUT2D eigenvalue weighted by Crippen LogP contribution is 2.35. The van der Waals surface area contributed by atoms with Crippen LogP contribution in [0.2, 0.25) is 10.0 Å². The first-order valence-electron chi connectivity index (χ1n) is 6.94. The Kier molecular flexibility index (Phi) is 4.19. The quantitative estimate of drug-likeness (QED) is 0.785. The number of carbonyl (C=O) groups excluding carboxylic acids is 1. The summed E-state index contributed by atoms with van der Waals surface area (Å²) in [5, 5.41) is 6.95. The first-order chi connectivity index (χ1) is 10.6. The fourth-order valence-corrected chi connectivity index (χ4v) is 3.03. The fourth-order valence-electron chi connectivity index (χ4n) is 2.62. The molecular weight excluding hydrogens is 319 g/mol. The zero-order chi connectivity index (χ0) is 15.7. The van der Waals surface area contributed by atoms with E-state index in [2.05, 4.69) is 5.10 Å². The number of benzene rings is 2. The molecule has 1 heterocycles. The van der Waals surface area contributed by atoms with Crippen molar-refractivity contribution < 1.29 is 4.79 Å². The maximum absolute atomic E-state index is 11.9. The Morgan fingerprint density at radius 1 is 1.14 bits per heavy atom. The average molecular weight is 333 g/mol. The molecule has 0 bridgehead atoms. The standard InChI is InChI=1S/C17H14Cl2N2O/c1-11(22)21-16(12-6-3-2-4-7-12)10-15(20-21)13-8-5-9-14(18)17(13)19/h2-9,16H,10H2,1H3. The first kappa shape index (κ1) is 15.1. The van der Waals surface area contributed by atoms with Gasteiger partial charge >= 0.3 is 0 Å². The van der Waals surface area contributed by atoms with Gasteiger partial charge in [0.25, 0.3) is 0 Å². The van der Waals surface area contributed by atoms with Gasteiger partial charge in [0.15, 0.2) is 0 Å². The molecule has 3 nitrogen and oxygen atoms in total. The van der Waals surface area contributed by atoms with Crippen molar-refractivity contribution in [2.45, 2.75) is 19.4 Å². The van der Waals surface area contributed by atoms with Crippen molar-refractivity contribution in [2.75, 3.05) is 0 Å². The third-order valence-electron chi connectivity index (χ3n) is 3.68. The smallest absolute Gasteiger partial charge is 0.240 e. The highest BCUT2D eigenvalue weighted by Gasteiger charge is 2.32. The Labute approximate surface area is 139 Å². The zero-order valence-electron chi connectivity index (χ0n) is 12.0. The van der Waals surface area contributed by atoms with Crippen LogP contribution in [0.1, 0.15) is 30.5 Å². The molecule has 0 saturated heterocycles. The predicted molar refractivity (Wildman–Crippen MR) is 89.3 cm³/mol. The number of carbonyl (C=O) groups is 1. The molecule has 1 aliphatic rings. The number of amides is 1. The monoisotopic (exact) mass is 332 g/mol. The number of rotatable bonds is 2. The van der Waals surface area contributed by atoms with Gasteiger partial charge in [-0.3, -0.25) is 4.79 Å². The topological polar surface area (TPSA) is 32.7 Å². The van der Waals surface area contributed by atoms with Gasteiger partial charge in [0.05, 0.1) is 21.8 Å². The maximum Gasteiger partial charge on any atom is 0.240 e. The Morgan fingerprint density at radius 2 is 1.86 bits per heavy atom. The van der Waals surface area contributed by atoms with E-state index < -0.39 is 0 Å². The molecule has 1 amide bonds. The van der Waals surface area contributed by atoms with Crippen LogP contribution in [0, 0.1) is 0 Å². The number of hydrazone groups is 1. The molecule has 0 aliphatic carbocycles. The van der Waals surface area contributed by atoms with Gasteiger partial charge in [0.2, 0.25) is 5.91 Å². The highest BCUT2D eigenvalue weighted by atomic mass is 35.5. The predicted octanol–water partition coefficient (Wildman–Crippen LogP) is 4.69. The fraction of sp³-hybridized carbons (Fsp3) is 0.176. The van der Waals surface area contributed by atoms with E-state index >= 15 is 0 Å². The number of halogens is 2. The summed E-state index contributed by atoms with van der Waals surface area (Å²) in [5.74, 6) is -0.0954. The molecule has 22 heavy (non-hydrogen) atoms. The van der Waals surface area contributed by atoms with Gasteiger partial charge in [0, 0.05) is 18.9 Å². The second-order valence-electron chi connectivity index (χ2n) is 5.14. The van der Waals surface area contributed by atoms with Crippen molar-refractivity contribution in [2.24, 2.45) is 5.10 Å². The minimum Gasteiger partial charge on any atom is -0.273 e. The van der Waals surface area contributed by atoms with Crippen molar-refractivity contribution in [3.63, 3.8) is 0 Å². The van der Waals surface area contributed by atoms with E-state index in [9.17, 15) is 4.79 Å².